The maximum Gasteiger partial charge on any atom is 0.223 e. The first-order valence-corrected chi connectivity index (χ1v) is 22.2. The fourth-order valence-corrected chi connectivity index (χ4v) is 7.21. The molecular formula is C45H89N7O5. The molecule has 0 fully saturated rings. The summed E-state index contributed by atoms with van der Waals surface area (Å²) in [4.78, 5) is 77.8. The minimum absolute atomic E-state index is 0.00410. The van der Waals surface area contributed by atoms with E-state index in [1.165, 1.54) is 0 Å². The van der Waals surface area contributed by atoms with E-state index in [0.29, 0.717) is 32.7 Å². The van der Waals surface area contributed by atoms with Gasteiger partial charge in [-0.2, -0.15) is 0 Å². The molecule has 0 radical (unpaired) electrons. The topological polar surface area (TPSA) is 134 Å². The molecule has 0 aromatic rings. The van der Waals surface area contributed by atoms with Gasteiger partial charge in [-0.25, -0.2) is 0 Å². The summed E-state index contributed by atoms with van der Waals surface area (Å²) in [6, 6.07) is 0. The number of amides is 2. The van der Waals surface area contributed by atoms with Crippen molar-refractivity contribution in [1.29, 1.82) is 0 Å². The third-order valence-electron chi connectivity index (χ3n) is 11.4. The number of likely N-dealkylation sites (N-methyl/N-ethyl adjacent to an activating group) is 4. The molecule has 0 aromatic carbocycles. The maximum absolute atomic E-state index is 14.3. The quantitative estimate of drug-likeness (QED) is 0.0731. The molecule has 0 spiro atoms. The van der Waals surface area contributed by atoms with Crippen molar-refractivity contribution in [3.8, 4) is 0 Å². The number of nitrogens with zero attached hydrogens (tertiary/aromatic N) is 4. The minimum atomic E-state index is -0.985. The molecule has 3 atom stereocenters. The molecule has 3 N–H and O–H groups in total. The molecule has 0 aliphatic heterocycles. The first-order valence-electron chi connectivity index (χ1n) is 22.2. The minimum Gasteiger partial charge on any atom is -0.355 e. The smallest absolute Gasteiger partial charge is 0.223 e. The zero-order valence-electron chi connectivity index (χ0n) is 39.1. The van der Waals surface area contributed by atoms with Crippen LogP contribution in [0.2, 0.25) is 0 Å². The van der Waals surface area contributed by atoms with Crippen molar-refractivity contribution in [3.63, 3.8) is 0 Å². The molecule has 0 rings (SSSR count). The first kappa shape index (κ1) is 54.8. The van der Waals surface area contributed by atoms with Crippen LogP contribution in [0.15, 0.2) is 0 Å². The molecule has 0 aliphatic carbocycles. The van der Waals surface area contributed by atoms with Gasteiger partial charge in [0.1, 0.15) is 17.3 Å². The van der Waals surface area contributed by atoms with Gasteiger partial charge in [-0.05, 0) is 80.9 Å². The van der Waals surface area contributed by atoms with E-state index in [2.05, 4.69) is 56.3 Å². The summed E-state index contributed by atoms with van der Waals surface area (Å²) in [6.07, 6.45) is 8.33. The number of carbonyl (C=O) groups excluding carboxylic acids is 5. The molecular weight excluding hydrogens is 719 g/mol. The summed E-state index contributed by atoms with van der Waals surface area (Å²) in [5.74, 6) is -1.96. The second-order valence-corrected chi connectivity index (χ2v) is 18.6. The van der Waals surface area contributed by atoms with Gasteiger partial charge in [-0.3, -0.25) is 24.0 Å². The maximum atomic E-state index is 14.3. The third-order valence-corrected chi connectivity index (χ3v) is 11.4. The van der Waals surface area contributed by atoms with Gasteiger partial charge in [0.15, 0.2) is 0 Å². The second-order valence-electron chi connectivity index (χ2n) is 18.6. The standard InChI is InChI=1S/C45H89N7O5/c1-14-17-19-20-21-36(16-3)42(56)45(6,7)34-38(43(57)48-24-26-52(13)30-28-50(10)11)31-40(54)44(4,5)33-37(39(53)35-46-22-18-15-2)32-41(55)47-23-25-51(12)29-27-49(8)9/h36-38,46H,14-35H2,1-13H3,(H,47,55)(H,48,57). The molecule has 0 heterocycles. The molecule has 2 amide bonds. The van der Waals surface area contributed by atoms with E-state index in [1.807, 2.05) is 70.0 Å². The Labute approximate surface area is 349 Å². The molecule has 334 valence electrons. The SMILES string of the molecule is CCCCCCC(CC)C(=O)C(C)(C)CC(CC(=O)C(C)(C)CC(CC(=O)NCCN(C)CCN(C)C)C(=O)CNCCCC)C(=O)NCCN(C)CCN(C)C. The Bertz CT molecular complexity index is 1160. The number of nitrogens with one attached hydrogen (secondary N) is 3. The van der Waals surface area contributed by atoms with E-state index in [4.69, 9.17) is 0 Å². The lowest BCUT2D eigenvalue weighted by atomic mass is 9.70. The molecule has 0 bridgehead atoms. The van der Waals surface area contributed by atoms with Crippen LogP contribution >= 0.6 is 0 Å². The Kier molecular flexibility index (Phi) is 28.7. The predicted molar refractivity (Wildman–Crippen MR) is 236 cm³/mol. The zero-order chi connectivity index (χ0) is 43.6. The van der Waals surface area contributed by atoms with Gasteiger partial charge in [0, 0.05) is 93.8 Å². The van der Waals surface area contributed by atoms with E-state index in [-0.39, 0.29) is 67.3 Å². The average molecular weight is 808 g/mol. The predicted octanol–water partition coefficient (Wildman–Crippen LogP) is 5.14. The summed E-state index contributed by atoms with van der Waals surface area (Å²) in [7, 11) is 12.2. The van der Waals surface area contributed by atoms with Gasteiger partial charge in [0.05, 0.1) is 6.54 Å². The number of hydrogen-bond acceptors (Lipinski definition) is 10. The Morgan fingerprint density at radius 2 is 1.11 bits per heavy atom. The molecule has 0 saturated carbocycles. The largest absolute Gasteiger partial charge is 0.355 e. The number of carbonyl (C=O) groups is 5. The molecule has 12 heteroatoms. The summed E-state index contributed by atoms with van der Waals surface area (Å²) < 4.78 is 0. The van der Waals surface area contributed by atoms with Crippen molar-refractivity contribution in [1.82, 2.24) is 35.6 Å². The lowest BCUT2D eigenvalue weighted by Crippen LogP contribution is -2.43. The Balaban J connectivity index is 6.15. The fraction of sp³-hybridized carbons (Fsp3) is 0.889. The van der Waals surface area contributed by atoms with Crippen LogP contribution < -0.4 is 16.0 Å². The van der Waals surface area contributed by atoms with Crippen LogP contribution in [-0.4, -0.2) is 156 Å². The van der Waals surface area contributed by atoms with Crippen LogP contribution in [0, 0.1) is 28.6 Å². The van der Waals surface area contributed by atoms with Crippen molar-refractivity contribution in [2.24, 2.45) is 28.6 Å². The number of ketones is 3. The van der Waals surface area contributed by atoms with Crippen molar-refractivity contribution in [2.45, 2.75) is 126 Å². The number of Topliss-reactive ketones (excluding diaryl/α,β-unsaturated/α-hetero) is 3. The molecule has 12 nitrogen and oxygen atoms in total. The number of unbranched alkanes of at least 4 members (excludes halogenated alkanes) is 4. The van der Waals surface area contributed by atoms with Gasteiger partial charge >= 0.3 is 0 Å². The van der Waals surface area contributed by atoms with Crippen molar-refractivity contribution in [3.05, 3.63) is 0 Å². The van der Waals surface area contributed by atoms with Gasteiger partial charge in [0.25, 0.3) is 0 Å². The Morgan fingerprint density at radius 3 is 1.63 bits per heavy atom. The highest BCUT2D eigenvalue weighted by Gasteiger charge is 2.41. The van der Waals surface area contributed by atoms with Crippen LogP contribution in [0.3, 0.4) is 0 Å². The highest BCUT2D eigenvalue weighted by Crippen LogP contribution is 2.37. The number of hydrogen-bond donors (Lipinski definition) is 3. The van der Waals surface area contributed by atoms with Crippen LogP contribution in [0.25, 0.3) is 0 Å². The lowest BCUT2D eigenvalue weighted by Gasteiger charge is -2.33. The Morgan fingerprint density at radius 1 is 0.561 bits per heavy atom. The second kappa shape index (κ2) is 29.9. The average Bonchev–Trinajstić information content (AvgIpc) is 3.13. The Hall–Kier alpha value is -2.25. The lowest BCUT2D eigenvalue weighted by molar-refractivity contribution is -0.139. The zero-order valence-corrected chi connectivity index (χ0v) is 39.1. The van der Waals surface area contributed by atoms with E-state index in [1.54, 1.807) is 0 Å². The van der Waals surface area contributed by atoms with Crippen LogP contribution in [0.1, 0.15) is 126 Å². The van der Waals surface area contributed by atoms with E-state index < -0.39 is 22.7 Å². The van der Waals surface area contributed by atoms with Crippen molar-refractivity contribution in [2.75, 3.05) is 108 Å². The summed E-state index contributed by atoms with van der Waals surface area (Å²) >= 11 is 0. The van der Waals surface area contributed by atoms with Gasteiger partial charge in [-0.1, -0.05) is 80.6 Å². The van der Waals surface area contributed by atoms with Crippen molar-refractivity contribution < 1.29 is 24.0 Å². The van der Waals surface area contributed by atoms with E-state index in [0.717, 1.165) is 77.5 Å². The fourth-order valence-electron chi connectivity index (χ4n) is 7.21. The van der Waals surface area contributed by atoms with E-state index >= 15 is 0 Å². The summed E-state index contributed by atoms with van der Waals surface area (Å²) in [5.41, 5.74) is -1.79. The molecule has 0 saturated heterocycles. The normalized spacial score (nSPS) is 14.0. The number of rotatable bonds is 36. The van der Waals surface area contributed by atoms with Crippen molar-refractivity contribution >= 4 is 29.2 Å². The van der Waals surface area contributed by atoms with Crippen LogP contribution in [0.4, 0.5) is 0 Å². The van der Waals surface area contributed by atoms with Gasteiger partial charge < -0.3 is 35.6 Å². The monoisotopic (exact) mass is 808 g/mol. The summed E-state index contributed by atoms with van der Waals surface area (Å²) in [6.45, 7) is 20.5. The van der Waals surface area contributed by atoms with E-state index in [9.17, 15) is 24.0 Å². The summed E-state index contributed by atoms with van der Waals surface area (Å²) in [5, 5.41) is 9.31. The van der Waals surface area contributed by atoms with Crippen LogP contribution in [-0.2, 0) is 24.0 Å². The molecule has 57 heavy (non-hydrogen) atoms. The first-order chi connectivity index (χ1) is 26.7. The highest BCUT2D eigenvalue weighted by molar-refractivity contribution is 5.93. The van der Waals surface area contributed by atoms with Crippen LogP contribution in [0.5, 0.6) is 0 Å². The highest BCUT2D eigenvalue weighted by atomic mass is 16.2. The molecule has 3 unspecified atom stereocenters. The third kappa shape index (κ3) is 25.1. The van der Waals surface area contributed by atoms with Gasteiger partial charge in [-0.15, -0.1) is 0 Å². The van der Waals surface area contributed by atoms with Gasteiger partial charge in [0.2, 0.25) is 11.8 Å². The molecule has 0 aromatic heterocycles. The molecule has 0 aliphatic rings.